The molecule has 1 saturated heterocycles. The molecule has 1 heterocycles. The van der Waals surface area contributed by atoms with Crippen LogP contribution in [0.25, 0.3) is 0 Å². The maximum atomic E-state index is 12.0. The second kappa shape index (κ2) is 6.86. The molecule has 0 aliphatic carbocycles. The zero-order valence-electron chi connectivity index (χ0n) is 11.5. The Labute approximate surface area is 122 Å². The molecule has 1 fully saturated rings. The number of carbonyl (C=O) groups is 2. The number of hydrogen-bond acceptors (Lipinski definition) is 4. The van der Waals surface area contributed by atoms with E-state index in [9.17, 15) is 9.59 Å². The summed E-state index contributed by atoms with van der Waals surface area (Å²) in [5.74, 6) is -0.920. The molecule has 1 aliphatic rings. The standard InChI is InChI=1S/C15H17N3O3/c16-9-11-4-1-3-10(7-11)8-12(14(17)19)18-15(20)13-5-2-6-21-13/h1,3-4,7,12-13H,2,5-6,8H2,(H2,17,19)(H,18,20)/t12-,13+/m1/s1. The lowest BCUT2D eigenvalue weighted by Crippen LogP contribution is -2.49. The minimum Gasteiger partial charge on any atom is -0.368 e. The first-order valence-corrected chi connectivity index (χ1v) is 6.80. The fourth-order valence-corrected chi connectivity index (χ4v) is 2.28. The van der Waals surface area contributed by atoms with Crippen LogP contribution in [0, 0.1) is 11.3 Å². The lowest BCUT2D eigenvalue weighted by molar-refractivity contribution is -0.133. The van der Waals surface area contributed by atoms with E-state index in [4.69, 9.17) is 15.7 Å². The molecule has 2 amide bonds. The Morgan fingerprint density at radius 2 is 2.33 bits per heavy atom. The van der Waals surface area contributed by atoms with Gasteiger partial charge < -0.3 is 15.8 Å². The van der Waals surface area contributed by atoms with Crippen LogP contribution >= 0.6 is 0 Å². The summed E-state index contributed by atoms with van der Waals surface area (Å²) in [6.45, 7) is 0.559. The van der Waals surface area contributed by atoms with E-state index in [0.717, 1.165) is 12.0 Å². The molecule has 21 heavy (non-hydrogen) atoms. The van der Waals surface area contributed by atoms with Crippen molar-refractivity contribution in [2.75, 3.05) is 6.61 Å². The van der Waals surface area contributed by atoms with Crippen LogP contribution in [0.15, 0.2) is 24.3 Å². The average Bonchev–Trinajstić information content (AvgIpc) is 3.01. The first-order valence-electron chi connectivity index (χ1n) is 6.80. The summed E-state index contributed by atoms with van der Waals surface area (Å²) in [6, 6.07) is 8.09. The summed E-state index contributed by atoms with van der Waals surface area (Å²) in [5, 5.41) is 11.5. The third-order valence-electron chi connectivity index (χ3n) is 3.38. The van der Waals surface area contributed by atoms with E-state index in [-0.39, 0.29) is 12.3 Å². The number of ether oxygens (including phenoxy) is 1. The van der Waals surface area contributed by atoms with Crippen molar-refractivity contribution >= 4 is 11.8 Å². The van der Waals surface area contributed by atoms with Crippen molar-refractivity contribution in [2.45, 2.75) is 31.4 Å². The summed E-state index contributed by atoms with van der Waals surface area (Å²) < 4.78 is 5.27. The van der Waals surface area contributed by atoms with Crippen molar-refractivity contribution in [2.24, 2.45) is 5.73 Å². The first kappa shape index (κ1) is 15.0. The fourth-order valence-electron chi connectivity index (χ4n) is 2.28. The van der Waals surface area contributed by atoms with Crippen LogP contribution in [0.3, 0.4) is 0 Å². The number of nitrogens with zero attached hydrogens (tertiary/aromatic N) is 1. The Bertz CT molecular complexity index is 574. The smallest absolute Gasteiger partial charge is 0.249 e. The molecular formula is C15H17N3O3. The van der Waals surface area contributed by atoms with Gasteiger partial charge >= 0.3 is 0 Å². The molecule has 110 valence electrons. The van der Waals surface area contributed by atoms with Gasteiger partial charge in [-0.05, 0) is 30.5 Å². The molecular weight excluding hydrogens is 270 g/mol. The van der Waals surface area contributed by atoms with Crippen molar-refractivity contribution in [3.05, 3.63) is 35.4 Å². The molecule has 2 rings (SSSR count). The zero-order valence-corrected chi connectivity index (χ0v) is 11.5. The van der Waals surface area contributed by atoms with E-state index in [1.165, 1.54) is 0 Å². The highest BCUT2D eigenvalue weighted by Gasteiger charge is 2.27. The van der Waals surface area contributed by atoms with Gasteiger partial charge in [-0.1, -0.05) is 12.1 Å². The molecule has 0 spiro atoms. The average molecular weight is 287 g/mol. The molecule has 0 radical (unpaired) electrons. The summed E-state index contributed by atoms with van der Waals surface area (Å²) in [5.41, 5.74) is 6.61. The van der Waals surface area contributed by atoms with E-state index in [2.05, 4.69) is 5.32 Å². The highest BCUT2D eigenvalue weighted by Crippen LogP contribution is 2.13. The number of nitrogens with two attached hydrogens (primary N) is 1. The third-order valence-corrected chi connectivity index (χ3v) is 3.38. The molecule has 6 heteroatoms. The van der Waals surface area contributed by atoms with Gasteiger partial charge in [-0.25, -0.2) is 0 Å². The Hall–Kier alpha value is -2.39. The van der Waals surface area contributed by atoms with Gasteiger partial charge in [0.2, 0.25) is 11.8 Å². The summed E-state index contributed by atoms with van der Waals surface area (Å²) in [4.78, 5) is 23.5. The Morgan fingerprint density at radius 3 is 2.95 bits per heavy atom. The number of primary amides is 1. The molecule has 1 aliphatic heterocycles. The number of nitriles is 1. The molecule has 0 aromatic heterocycles. The Morgan fingerprint density at radius 1 is 1.52 bits per heavy atom. The molecule has 6 nitrogen and oxygen atoms in total. The highest BCUT2D eigenvalue weighted by atomic mass is 16.5. The third kappa shape index (κ3) is 4.04. The van der Waals surface area contributed by atoms with Crippen LogP contribution in [-0.4, -0.2) is 30.6 Å². The molecule has 1 aromatic carbocycles. The number of rotatable bonds is 5. The van der Waals surface area contributed by atoms with Gasteiger partial charge in [-0.3, -0.25) is 9.59 Å². The van der Waals surface area contributed by atoms with Crippen LogP contribution in [0.2, 0.25) is 0 Å². The van der Waals surface area contributed by atoms with Crippen molar-refractivity contribution in [3.8, 4) is 6.07 Å². The van der Waals surface area contributed by atoms with E-state index in [0.29, 0.717) is 18.6 Å². The molecule has 0 unspecified atom stereocenters. The maximum Gasteiger partial charge on any atom is 0.249 e. The van der Waals surface area contributed by atoms with Crippen molar-refractivity contribution in [1.82, 2.24) is 5.32 Å². The molecule has 2 atom stereocenters. The van der Waals surface area contributed by atoms with Gasteiger partial charge in [0.25, 0.3) is 0 Å². The molecule has 0 bridgehead atoms. The van der Waals surface area contributed by atoms with Crippen LogP contribution in [0.4, 0.5) is 0 Å². The zero-order chi connectivity index (χ0) is 15.2. The van der Waals surface area contributed by atoms with Crippen molar-refractivity contribution in [3.63, 3.8) is 0 Å². The second-order valence-corrected chi connectivity index (χ2v) is 4.98. The van der Waals surface area contributed by atoms with Gasteiger partial charge in [0.15, 0.2) is 0 Å². The monoisotopic (exact) mass is 287 g/mol. The minimum atomic E-state index is -0.810. The molecule has 3 N–H and O–H groups in total. The maximum absolute atomic E-state index is 12.0. The summed E-state index contributed by atoms with van der Waals surface area (Å²) in [6.07, 6.45) is 1.24. The number of carbonyl (C=O) groups excluding carboxylic acids is 2. The minimum absolute atomic E-state index is 0.253. The Kier molecular flexibility index (Phi) is 4.90. The number of nitrogens with one attached hydrogen (secondary N) is 1. The molecule has 0 saturated carbocycles. The van der Waals surface area contributed by atoms with E-state index >= 15 is 0 Å². The molecule has 1 aromatic rings. The Balaban J connectivity index is 2.03. The topological polar surface area (TPSA) is 105 Å². The summed E-state index contributed by atoms with van der Waals surface area (Å²) >= 11 is 0. The van der Waals surface area contributed by atoms with Crippen LogP contribution < -0.4 is 11.1 Å². The first-order chi connectivity index (χ1) is 10.1. The van der Waals surface area contributed by atoms with Gasteiger partial charge in [-0.15, -0.1) is 0 Å². The fraction of sp³-hybridized carbons (Fsp3) is 0.400. The van der Waals surface area contributed by atoms with Crippen LogP contribution in [-0.2, 0) is 20.7 Å². The second-order valence-electron chi connectivity index (χ2n) is 4.98. The van der Waals surface area contributed by atoms with Crippen LogP contribution in [0.5, 0.6) is 0 Å². The van der Waals surface area contributed by atoms with Crippen LogP contribution in [0.1, 0.15) is 24.0 Å². The lowest BCUT2D eigenvalue weighted by atomic mass is 10.0. The number of hydrogen-bond donors (Lipinski definition) is 2. The van der Waals surface area contributed by atoms with Gasteiger partial charge in [0, 0.05) is 13.0 Å². The van der Waals surface area contributed by atoms with Gasteiger partial charge in [0.1, 0.15) is 12.1 Å². The van der Waals surface area contributed by atoms with Crippen molar-refractivity contribution < 1.29 is 14.3 Å². The van der Waals surface area contributed by atoms with E-state index in [1.54, 1.807) is 24.3 Å². The van der Waals surface area contributed by atoms with Crippen molar-refractivity contribution in [1.29, 1.82) is 5.26 Å². The van der Waals surface area contributed by atoms with E-state index < -0.39 is 18.1 Å². The highest BCUT2D eigenvalue weighted by molar-refractivity contribution is 5.88. The van der Waals surface area contributed by atoms with E-state index in [1.807, 2.05) is 6.07 Å². The quantitative estimate of drug-likeness (QED) is 0.809. The predicted octanol–water partition coefficient (Wildman–Crippen LogP) is 0.250. The summed E-state index contributed by atoms with van der Waals surface area (Å²) in [7, 11) is 0. The number of benzene rings is 1. The van der Waals surface area contributed by atoms with Gasteiger partial charge in [-0.2, -0.15) is 5.26 Å². The lowest BCUT2D eigenvalue weighted by Gasteiger charge is -2.18. The SMILES string of the molecule is N#Cc1cccc(C[C@@H](NC(=O)[C@@H]2CCCO2)C(N)=O)c1. The normalized spacial score (nSPS) is 18.7. The number of amides is 2. The largest absolute Gasteiger partial charge is 0.368 e. The predicted molar refractivity (Wildman–Crippen MR) is 75.0 cm³/mol. The van der Waals surface area contributed by atoms with Gasteiger partial charge in [0.05, 0.1) is 11.6 Å².